The van der Waals surface area contributed by atoms with Crippen LogP contribution in [0.3, 0.4) is 0 Å². The highest BCUT2D eigenvalue weighted by Crippen LogP contribution is 2.29. The molecule has 0 amide bonds. The second kappa shape index (κ2) is 7.71. The molecule has 3 rings (SSSR count). The van der Waals surface area contributed by atoms with Crippen LogP contribution >= 0.6 is 0 Å². The first-order valence-electron chi connectivity index (χ1n) is 8.14. The molecular weight excluding hydrogens is 358 g/mol. The van der Waals surface area contributed by atoms with E-state index < -0.39 is 10.0 Å². The van der Waals surface area contributed by atoms with Crippen LogP contribution in [0.4, 0.5) is 0 Å². The van der Waals surface area contributed by atoms with Gasteiger partial charge in [0, 0.05) is 6.54 Å². The fraction of sp³-hybridized carbons (Fsp3) is 0.294. The first-order valence-corrected chi connectivity index (χ1v) is 9.63. The lowest BCUT2D eigenvalue weighted by Gasteiger charge is -2.13. The van der Waals surface area contributed by atoms with Gasteiger partial charge in [0.15, 0.2) is 17.0 Å². The first kappa shape index (κ1) is 18.2. The van der Waals surface area contributed by atoms with Crippen molar-refractivity contribution in [3.8, 4) is 11.5 Å². The molecule has 0 unspecified atom stereocenters. The Balaban J connectivity index is 1.81. The standard InChI is InChI=1S/C17H19N3O5S/c1-3-23-14-9-8-12(10-15(14)24-4-2)11-18-26(21,22)16-7-5-6-13-17(16)20-25-19-13/h5-10,18H,3-4,11H2,1-2H3. The van der Waals surface area contributed by atoms with Crippen LogP contribution in [0, 0.1) is 0 Å². The van der Waals surface area contributed by atoms with Gasteiger partial charge in [-0.1, -0.05) is 12.1 Å². The van der Waals surface area contributed by atoms with Gasteiger partial charge in [-0.2, -0.15) is 0 Å². The third-order valence-electron chi connectivity index (χ3n) is 3.61. The van der Waals surface area contributed by atoms with Gasteiger partial charge in [-0.15, -0.1) is 0 Å². The Morgan fingerprint density at radius 1 is 1.04 bits per heavy atom. The molecule has 1 aromatic heterocycles. The molecule has 0 fully saturated rings. The summed E-state index contributed by atoms with van der Waals surface area (Å²) in [5.41, 5.74) is 1.32. The number of aromatic nitrogens is 2. The number of nitrogens with zero attached hydrogens (tertiary/aromatic N) is 2. The largest absolute Gasteiger partial charge is 0.490 e. The molecule has 0 radical (unpaired) electrons. The number of sulfonamides is 1. The molecule has 138 valence electrons. The fourth-order valence-corrected chi connectivity index (χ4v) is 3.63. The van der Waals surface area contributed by atoms with E-state index in [4.69, 9.17) is 9.47 Å². The Bertz CT molecular complexity index is 1000. The van der Waals surface area contributed by atoms with E-state index in [1.165, 1.54) is 6.07 Å². The maximum Gasteiger partial charge on any atom is 0.243 e. The second-order valence-corrected chi connectivity index (χ2v) is 7.10. The van der Waals surface area contributed by atoms with Gasteiger partial charge < -0.3 is 9.47 Å². The summed E-state index contributed by atoms with van der Waals surface area (Å²) in [5.74, 6) is 1.20. The zero-order valence-corrected chi connectivity index (χ0v) is 15.2. The summed E-state index contributed by atoms with van der Waals surface area (Å²) in [4.78, 5) is 0.0206. The van der Waals surface area contributed by atoms with Crippen molar-refractivity contribution in [1.82, 2.24) is 15.0 Å². The number of ether oxygens (including phenoxy) is 2. The molecule has 0 aliphatic carbocycles. The normalized spacial score (nSPS) is 11.6. The predicted octanol–water partition coefficient (Wildman–Crippen LogP) is 2.50. The van der Waals surface area contributed by atoms with Gasteiger partial charge in [0.1, 0.15) is 10.4 Å². The summed E-state index contributed by atoms with van der Waals surface area (Å²) in [6, 6.07) is 9.99. The Hall–Kier alpha value is -2.65. The van der Waals surface area contributed by atoms with E-state index in [1.54, 1.807) is 30.3 Å². The topological polar surface area (TPSA) is 104 Å². The quantitative estimate of drug-likeness (QED) is 0.643. The monoisotopic (exact) mass is 377 g/mol. The molecule has 0 atom stereocenters. The number of fused-ring (bicyclic) bond motifs is 1. The van der Waals surface area contributed by atoms with E-state index >= 15 is 0 Å². The first-order chi connectivity index (χ1) is 12.5. The van der Waals surface area contributed by atoms with Gasteiger partial charge in [0.25, 0.3) is 0 Å². The van der Waals surface area contributed by atoms with Crippen LogP contribution in [0.2, 0.25) is 0 Å². The Morgan fingerprint density at radius 2 is 1.81 bits per heavy atom. The lowest BCUT2D eigenvalue weighted by Crippen LogP contribution is -2.23. The van der Waals surface area contributed by atoms with E-state index in [9.17, 15) is 8.42 Å². The molecule has 3 aromatic rings. The number of nitrogens with one attached hydrogen (secondary N) is 1. The van der Waals surface area contributed by atoms with Crippen LogP contribution in [0.25, 0.3) is 11.0 Å². The minimum absolute atomic E-state index is 0.0206. The Morgan fingerprint density at radius 3 is 2.58 bits per heavy atom. The molecule has 0 saturated heterocycles. The van der Waals surface area contributed by atoms with Gasteiger partial charge in [-0.3, -0.25) is 0 Å². The van der Waals surface area contributed by atoms with Crippen LogP contribution in [0.5, 0.6) is 11.5 Å². The van der Waals surface area contributed by atoms with E-state index in [1.807, 2.05) is 13.8 Å². The maximum absolute atomic E-state index is 12.6. The highest BCUT2D eigenvalue weighted by atomic mass is 32.2. The molecule has 26 heavy (non-hydrogen) atoms. The average molecular weight is 377 g/mol. The molecule has 0 aliphatic heterocycles. The highest BCUT2D eigenvalue weighted by Gasteiger charge is 2.20. The third-order valence-corrected chi connectivity index (χ3v) is 5.05. The van der Waals surface area contributed by atoms with Gasteiger partial charge in [0.2, 0.25) is 10.0 Å². The average Bonchev–Trinajstić information content (AvgIpc) is 3.11. The summed E-state index contributed by atoms with van der Waals surface area (Å²) in [5, 5.41) is 7.33. The van der Waals surface area contributed by atoms with Crippen molar-refractivity contribution in [2.75, 3.05) is 13.2 Å². The third kappa shape index (κ3) is 3.78. The molecule has 1 N–H and O–H groups in total. The number of hydrogen-bond donors (Lipinski definition) is 1. The fourth-order valence-electron chi connectivity index (χ4n) is 2.46. The Kier molecular flexibility index (Phi) is 5.38. The number of rotatable bonds is 8. The van der Waals surface area contributed by atoms with Crippen LogP contribution in [-0.4, -0.2) is 31.9 Å². The van der Waals surface area contributed by atoms with Crippen LogP contribution < -0.4 is 14.2 Å². The van der Waals surface area contributed by atoms with Crippen molar-refractivity contribution in [1.29, 1.82) is 0 Å². The molecule has 1 heterocycles. The number of benzene rings is 2. The van der Waals surface area contributed by atoms with Crippen molar-refractivity contribution in [3.63, 3.8) is 0 Å². The van der Waals surface area contributed by atoms with Crippen molar-refractivity contribution in [3.05, 3.63) is 42.0 Å². The molecule has 0 bridgehead atoms. The van der Waals surface area contributed by atoms with Gasteiger partial charge in [-0.25, -0.2) is 17.8 Å². The molecule has 9 heteroatoms. The molecule has 0 aliphatic rings. The van der Waals surface area contributed by atoms with Crippen molar-refractivity contribution in [2.45, 2.75) is 25.3 Å². The van der Waals surface area contributed by atoms with Crippen molar-refractivity contribution in [2.24, 2.45) is 0 Å². The second-order valence-electron chi connectivity index (χ2n) is 5.36. The lowest BCUT2D eigenvalue weighted by atomic mass is 10.2. The van der Waals surface area contributed by atoms with Crippen LogP contribution in [-0.2, 0) is 16.6 Å². The van der Waals surface area contributed by atoms with Gasteiger partial charge >= 0.3 is 0 Å². The van der Waals surface area contributed by atoms with E-state index in [0.717, 1.165) is 5.56 Å². The van der Waals surface area contributed by atoms with Crippen molar-refractivity contribution >= 4 is 21.1 Å². The number of hydrogen-bond acceptors (Lipinski definition) is 7. The molecule has 8 nitrogen and oxygen atoms in total. The summed E-state index contributed by atoms with van der Waals surface area (Å²) in [7, 11) is -3.79. The van der Waals surface area contributed by atoms with Gasteiger partial charge in [0.05, 0.1) is 13.2 Å². The molecule has 0 saturated carbocycles. The molecule has 0 spiro atoms. The lowest BCUT2D eigenvalue weighted by molar-refractivity contribution is 0.287. The minimum atomic E-state index is -3.79. The van der Waals surface area contributed by atoms with Crippen molar-refractivity contribution < 1.29 is 22.5 Å². The summed E-state index contributed by atoms with van der Waals surface area (Å²) in [6.45, 7) is 4.85. The zero-order chi connectivity index (χ0) is 18.6. The predicted molar refractivity (Wildman–Crippen MR) is 94.6 cm³/mol. The van der Waals surface area contributed by atoms with Crippen LogP contribution in [0.15, 0.2) is 45.9 Å². The SMILES string of the molecule is CCOc1ccc(CNS(=O)(=O)c2cccc3nonc23)cc1OCC. The molecule has 2 aromatic carbocycles. The van der Waals surface area contributed by atoms with E-state index in [-0.39, 0.29) is 17.0 Å². The summed E-state index contributed by atoms with van der Waals surface area (Å²) >= 11 is 0. The zero-order valence-electron chi connectivity index (χ0n) is 14.4. The smallest absolute Gasteiger partial charge is 0.243 e. The van der Waals surface area contributed by atoms with E-state index in [0.29, 0.717) is 30.2 Å². The van der Waals surface area contributed by atoms with E-state index in [2.05, 4.69) is 19.7 Å². The minimum Gasteiger partial charge on any atom is -0.490 e. The van der Waals surface area contributed by atoms with Crippen LogP contribution in [0.1, 0.15) is 19.4 Å². The Labute approximate surface area is 151 Å². The highest BCUT2D eigenvalue weighted by molar-refractivity contribution is 7.89. The maximum atomic E-state index is 12.6. The van der Waals surface area contributed by atoms with Gasteiger partial charge in [-0.05, 0) is 54.0 Å². The summed E-state index contributed by atoms with van der Waals surface area (Å²) in [6.07, 6.45) is 0. The summed E-state index contributed by atoms with van der Waals surface area (Å²) < 4.78 is 43.5. The molecular formula is C17H19N3O5S.